The molecule has 0 aromatic heterocycles. The molecular formula is C25H23Cl4N3O4S. The molecule has 12 heteroatoms. The molecule has 3 aromatic carbocycles. The number of likely N-dealkylation sites (N-methyl/N-ethyl adjacent to an activating group) is 1. The summed E-state index contributed by atoms with van der Waals surface area (Å²) in [7, 11) is -2.82. The van der Waals surface area contributed by atoms with Gasteiger partial charge in [0, 0.05) is 34.2 Å². The maximum absolute atomic E-state index is 13.8. The Hall–Kier alpha value is -2.49. The third kappa shape index (κ3) is 6.69. The van der Waals surface area contributed by atoms with Crippen LogP contribution in [0.2, 0.25) is 20.1 Å². The summed E-state index contributed by atoms with van der Waals surface area (Å²) in [4.78, 5) is 27.5. The first-order valence-electron chi connectivity index (χ1n) is 10.9. The van der Waals surface area contributed by atoms with Crippen LogP contribution >= 0.6 is 46.4 Å². The first-order chi connectivity index (χ1) is 17.5. The molecule has 0 saturated carbocycles. The van der Waals surface area contributed by atoms with Crippen molar-refractivity contribution in [3.63, 3.8) is 0 Å². The van der Waals surface area contributed by atoms with Crippen molar-refractivity contribution in [2.45, 2.75) is 24.4 Å². The first kappa shape index (κ1) is 29.1. The Morgan fingerprint density at radius 2 is 1.51 bits per heavy atom. The van der Waals surface area contributed by atoms with Gasteiger partial charge in [-0.1, -0.05) is 70.7 Å². The van der Waals surface area contributed by atoms with Gasteiger partial charge in [-0.05, 0) is 49.4 Å². The van der Waals surface area contributed by atoms with Crippen LogP contribution < -0.4 is 9.62 Å². The van der Waals surface area contributed by atoms with Gasteiger partial charge in [0.25, 0.3) is 10.0 Å². The average Bonchev–Trinajstić information content (AvgIpc) is 2.87. The summed E-state index contributed by atoms with van der Waals surface area (Å²) >= 11 is 25.1. The Bertz CT molecular complexity index is 1380. The molecule has 0 bridgehead atoms. The predicted octanol–water partition coefficient (Wildman–Crippen LogP) is 5.66. The Morgan fingerprint density at radius 1 is 0.892 bits per heavy atom. The van der Waals surface area contributed by atoms with Crippen LogP contribution in [-0.2, 0) is 26.2 Å². The number of amides is 2. The number of sulfonamides is 1. The minimum Gasteiger partial charge on any atom is -0.357 e. The second kappa shape index (κ2) is 12.4. The van der Waals surface area contributed by atoms with Crippen molar-refractivity contribution in [1.29, 1.82) is 0 Å². The van der Waals surface area contributed by atoms with Crippen LogP contribution in [0.15, 0.2) is 71.6 Å². The molecule has 1 atom stereocenters. The van der Waals surface area contributed by atoms with E-state index < -0.39 is 34.4 Å². The Balaban J connectivity index is 2.09. The van der Waals surface area contributed by atoms with E-state index in [0.717, 1.165) is 4.31 Å². The molecule has 0 fully saturated rings. The lowest BCUT2D eigenvalue weighted by Gasteiger charge is -2.32. The fraction of sp³-hybridized carbons (Fsp3) is 0.200. The van der Waals surface area contributed by atoms with Gasteiger partial charge >= 0.3 is 0 Å². The number of halogens is 4. The van der Waals surface area contributed by atoms with E-state index in [1.165, 1.54) is 49.2 Å². The van der Waals surface area contributed by atoms with Gasteiger partial charge in [-0.25, -0.2) is 8.42 Å². The van der Waals surface area contributed by atoms with Crippen molar-refractivity contribution in [2.75, 3.05) is 17.9 Å². The number of hydrogen-bond acceptors (Lipinski definition) is 4. The molecule has 0 saturated heterocycles. The zero-order chi connectivity index (χ0) is 27.3. The van der Waals surface area contributed by atoms with Gasteiger partial charge in [0.05, 0.1) is 15.6 Å². The van der Waals surface area contributed by atoms with Crippen LogP contribution in [0.3, 0.4) is 0 Å². The lowest BCUT2D eigenvalue weighted by atomic mass is 10.1. The molecule has 0 radical (unpaired) electrons. The van der Waals surface area contributed by atoms with E-state index in [4.69, 9.17) is 46.4 Å². The summed E-state index contributed by atoms with van der Waals surface area (Å²) in [5, 5.41) is 3.42. The third-order valence-corrected chi connectivity index (χ3v) is 8.61. The van der Waals surface area contributed by atoms with Crippen LogP contribution in [-0.4, -0.2) is 44.8 Å². The van der Waals surface area contributed by atoms with Gasteiger partial charge in [0.1, 0.15) is 12.6 Å². The van der Waals surface area contributed by atoms with E-state index in [9.17, 15) is 18.0 Å². The highest BCUT2D eigenvalue weighted by molar-refractivity contribution is 7.92. The number of hydrogen-bond donors (Lipinski definition) is 1. The zero-order valence-electron chi connectivity index (χ0n) is 19.8. The zero-order valence-corrected chi connectivity index (χ0v) is 23.6. The molecule has 2 amide bonds. The lowest BCUT2D eigenvalue weighted by molar-refractivity contribution is -0.139. The summed E-state index contributed by atoms with van der Waals surface area (Å²) < 4.78 is 28.3. The predicted molar refractivity (Wildman–Crippen MR) is 148 cm³/mol. The van der Waals surface area contributed by atoms with Gasteiger partial charge < -0.3 is 10.2 Å². The molecule has 3 aromatic rings. The number of nitrogens with zero attached hydrogens (tertiary/aromatic N) is 2. The maximum atomic E-state index is 13.8. The van der Waals surface area contributed by atoms with Crippen LogP contribution in [0, 0.1) is 0 Å². The molecule has 0 aliphatic rings. The standard InChI is InChI=1S/C25H23Cl4N3O4S/c1-16(25(34)30-2)31(14-19-20(27)9-6-10-21(19)28)24(33)15-32(23-12-11-17(26)13-22(23)29)37(35,36)18-7-4-3-5-8-18/h3-13,16H,14-15H2,1-2H3,(H,30,34)/t16-/m0/s1. The van der Waals surface area contributed by atoms with E-state index in [2.05, 4.69) is 5.32 Å². The molecule has 196 valence electrons. The monoisotopic (exact) mass is 601 g/mol. The summed E-state index contributed by atoms with van der Waals surface area (Å²) in [6.07, 6.45) is 0. The Kier molecular flexibility index (Phi) is 9.72. The van der Waals surface area contributed by atoms with E-state index >= 15 is 0 Å². The van der Waals surface area contributed by atoms with E-state index in [1.54, 1.807) is 36.4 Å². The van der Waals surface area contributed by atoms with Crippen molar-refractivity contribution >= 4 is 73.9 Å². The van der Waals surface area contributed by atoms with Crippen LogP contribution in [0.5, 0.6) is 0 Å². The molecule has 3 rings (SSSR count). The van der Waals surface area contributed by atoms with Crippen molar-refractivity contribution in [3.8, 4) is 0 Å². The van der Waals surface area contributed by atoms with Crippen LogP contribution in [0.25, 0.3) is 0 Å². The van der Waals surface area contributed by atoms with Crippen molar-refractivity contribution in [3.05, 3.63) is 92.4 Å². The number of carbonyl (C=O) groups is 2. The number of rotatable bonds is 9. The van der Waals surface area contributed by atoms with Gasteiger partial charge in [-0.3, -0.25) is 13.9 Å². The summed E-state index contributed by atoms with van der Waals surface area (Å²) in [6, 6.07) is 15.8. The second-order valence-corrected chi connectivity index (χ2v) is 11.5. The number of nitrogens with one attached hydrogen (secondary N) is 1. The molecule has 37 heavy (non-hydrogen) atoms. The average molecular weight is 603 g/mol. The fourth-order valence-corrected chi connectivity index (χ4v) is 6.09. The summed E-state index contributed by atoms with van der Waals surface area (Å²) in [5.74, 6) is -1.14. The maximum Gasteiger partial charge on any atom is 0.264 e. The van der Waals surface area contributed by atoms with Gasteiger partial charge in [-0.15, -0.1) is 0 Å². The summed E-state index contributed by atoms with van der Waals surface area (Å²) in [6.45, 7) is 0.717. The fourth-order valence-electron chi connectivity index (χ4n) is 3.56. The molecular weight excluding hydrogens is 580 g/mol. The molecule has 7 nitrogen and oxygen atoms in total. The Labute approximate surface area is 235 Å². The molecule has 0 aliphatic heterocycles. The van der Waals surface area contributed by atoms with Crippen LogP contribution in [0.4, 0.5) is 5.69 Å². The summed E-state index contributed by atoms with van der Waals surface area (Å²) in [5.41, 5.74) is 0.462. The largest absolute Gasteiger partial charge is 0.357 e. The van der Waals surface area contributed by atoms with Gasteiger partial charge in [0.15, 0.2) is 0 Å². The number of anilines is 1. The number of carbonyl (C=O) groups excluding carboxylic acids is 2. The molecule has 0 spiro atoms. The van der Waals surface area contributed by atoms with Gasteiger partial charge in [0.2, 0.25) is 11.8 Å². The molecule has 0 unspecified atom stereocenters. The molecule has 0 heterocycles. The first-order valence-corrected chi connectivity index (χ1v) is 13.9. The quantitative estimate of drug-likeness (QED) is 0.342. The smallest absolute Gasteiger partial charge is 0.264 e. The normalized spacial score (nSPS) is 12.1. The lowest BCUT2D eigenvalue weighted by Crippen LogP contribution is -2.50. The van der Waals surface area contributed by atoms with E-state index in [-0.39, 0.29) is 22.2 Å². The highest BCUT2D eigenvalue weighted by atomic mass is 35.5. The Morgan fingerprint density at radius 3 is 2.08 bits per heavy atom. The van der Waals surface area contributed by atoms with E-state index in [0.29, 0.717) is 20.6 Å². The molecule has 0 aliphatic carbocycles. The van der Waals surface area contributed by atoms with Crippen molar-refractivity contribution in [1.82, 2.24) is 10.2 Å². The van der Waals surface area contributed by atoms with E-state index in [1.807, 2.05) is 0 Å². The highest BCUT2D eigenvalue weighted by Crippen LogP contribution is 2.33. The SMILES string of the molecule is CNC(=O)[C@H](C)N(Cc1c(Cl)cccc1Cl)C(=O)CN(c1ccc(Cl)cc1Cl)S(=O)(=O)c1ccccc1. The third-order valence-electron chi connectivity index (χ3n) is 5.59. The van der Waals surface area contributed by atoms with Crippen LogP contribution in [0.1, 0.15) is 12.5 Å². The minimum absolute atomic E-state index is 0.0276. The van der Waals surface area contributed by atoms with Gasteiger partial charge in [-0.2, -0.15) is 0 Å². The molecule has 1 N–H and O–H groups in total. The highest BCUT2D eigenvalue weighted by Gasteiger charge is 2.33. The number of benzene rings is 3. The second-order valence-electron chi connectivity index (χ2n) is 7.93. The van der Waals surface area contributed by atoms with Crippen molar-refractivity contribution < 1.29 is 18.0 Å². The van der Waals surface area contributed by atoms with Crippen molar-refractivity contribution in [2.24, 2.45) is 0 Å². The minimum atomic E-state index is -4.25. The topological polar surface area (TPSA) is 86.8 Å².